The molecule has 64 heavy (non-hydrogen) atoms. The lowest BCUT2D eigenvalue weighted by Crippen LogP contribution is -2.37. The third kappa shape index (κ3) is 6.30. The molecule has 0 N–H and O–H groups in total. The first-order valence-electron chi connectivity index (χ1n) is 22.0. The van der Waals surface area contributed by atoms with Gasteiger partial charge < -0.3 is 14.2 Å². The molecule has 0 spiro atoms. The minimum absolute atomic E-state index is 0.868. The summed E-state index contributed by atoms with van der Waals surface area (Å²) in [6, 6.07) is 77.4. The Balaban J connectivity index is 1.07. The zero-order chi connectivity index (χ0) is 42.9. The molecule has 0 aliphatic rings. The number of thiophene rings is 1. The van der Waals surface area contributed by atoms with Crippen LogP contribution in [0.15, 0.2) is 217 Å². The summed E-state index contributed by atoms with van der Waals surface area (Å²) in [4.78, 5) is 4.79. The van der Waals surface area contributed by atoms with Gasteiger partial charge in [-0.3, -0.25) is 0 Å². The number of anilines is 6. The molecular formula is C59H44N2OSSi. The molecule has 3 nitrogen and oxygen atoms in total. The molecule has 2 heterocycles. The predicted molar refractivity (Wildman–Crippen MR) is 279 cm³/mol. The fourth-order valence-corrected chi connectivity index (χ4v) is 12.1. The van der Waals surface area contributed by atoms with Gasteiger partial charge in [-0.1, -0.05) is 170 Å². The number of benzene rings is 10. The third-order valence-corrected chi connectivity index (χ3v) is 16.0. The predicted octanol–water partition coefficient (Wildman–Crippen LogP) is 17.4. The van der Waals surface area contributed by atoms with Crippen molar-refractivity contribution in [1.82, 2.24) is 0 Å². The van der Waals surface area contributed by atoms with Crippen LogP contribution in [0.25, 0.3) is 74.8 Å². The molecule has 5 heteroatoms. The summed E-state index contributed by atoms with van der Waals surface area (Å²) in [5.74, 6) is 0. The maximum atomic E-state index is 6.75. The number of furan rings is 1. The van der Waals surface area contributed by atoms with Crippen LogP contribution in [0.5, 0.6) is 0 Å². The highest BCUT2D eigenvalue weighted by atomic mass is 32.1. The summed E-state index contributed by atoms with van der Waals surface area (Å²) >= 11 is 1.89. The molecule has 2 aromatic heterocycles. The van der Waals surface area contributed by atoms with Crippen molar-refractivity contribution in [2.45, 2.75) is 19.6 Å². The van der Waals surface area contributed by atoms with Crippen LogP contribution in [0, 0.1) is 0 Å². The lowest BCUT2D eigenvalue weighted by atomic mass is 9.96. The van der Waals surface area contributed by atoms with Crippen LogP contribution in [0.1, 0.15) is 0 Å². The molecule has 306 valence electrons. The summed E-state index contributed by atoms with van der Waals surface area (Å²) in [5.41, 5.74) is 10.7. The van der Waals surface area contributed by atoms with Crippen LogP contribution in [0.3, 0.4) is 0 Å². The average molecular weight is 857 g/mol. The summed E-state index contributed by atoms with van der Waals surface area (Å²) < 4.78 is 9.28. The molecule has 0 radical (unpaired) electrons. The summed E-state index contributed by atoms with van der Waals surface area (Å²) in [6.45, 7) is 7.22. The van der Waals surface area contributed by atoms with Crippen molar-refractivity contribution in [3.8, 4) is 11.1 Å². The Bertz CT molecular complexity index is 3720. The van der Waals surface area contributed by atoms with E-state index in [2.05, 4.69) is 236 Å². The molecule has 12 aromatic rings. The standard InChI is InChI=1S/C59H44N2OSSi/c1-64(2,3)44-33-29-41(30-34-44)60(40-19-8-5-9-20-40)42-31-35-50-52(37-42)46-22-10-11-24-48(46)57-51-36-32-43(38-56(51)63-59(50)57)61(53-26-14-12-21-45(53)39-17-6-4-7-18-39)54-27-16-25-49-47-23-13-15-28-55(47)62-58(49)54/h4-38H,1-3H3. The molecular weight excluding hydrogens is 813 g/mol. The second-order valence-electron chi connectivity index (χ2n) is 17.7. The molecule has 0 amide bonds. The van der Waals surface area contributed by atoms with E-state index in [-0.39, 0.29) is 0 Å². The van der Waals surface area contributed by atoms with Gasteiger partial charge in [0, 0.05) is 64.6 Å². The molecule has 0 fully saturated rings. The fourth-order valence-electron chi connectivity index (χ4n) is 9.69. The number of rotatable bonds is 8. The molecule has 0 unspecified atom stereocenters. The molecule has 0 bridgehead atoms. The van der Waals surface area contributed by atoms with Crippen molar-refractivity contribution < 1.29 is 4.42 Å². The highest BCUT2D eigenvalue weighted by Crippen LogP contribution is 2.50. The Morgan fingerprint density at radius 2 is 1.00 bits per heavy atom. The second-order valence-corrected chi connectivity index (χ2v) is 23.8. The fraction of sp³-hybridized carbons (Fsp3) is 0.0508. The summed E-state index contributed by atoms with van der Waals surface area (Å²) in [5, 5.41) is 11.3. The zero-order valence-corrected chi connectivity index (χ0v) is 37.7. The van der Waals surface area contributed by atoms with Gasteiger partial charge in [0.05, 0.1) is 19.4 Å². The Morgan fingerprint density at radius 3 is 1.78 bits per heavy atom. The van der Waals surface area contributed by atoms with Crippen molar-refractivity contribution in [2.24, 2.45) is 0 Å². The lowest BCUT2D eigenvalue weighted by Gasteiger charge is -2.28. The number of fused-ring (bicyclic) bond motifs is 11. The lowest BCUT2D eigenvalue weighted by molar-refractivity contribution is 0.669. The molecule has 12 rings (SSSR count). The molecule has 0 atom stereocenters. The van der Waals surface area contributed by atoms with E-state index in [1.807, 2.05) is 17.4 Å². The van der Waals surface area contributed by atoms with Gasteiger partial charge in [-0.15, -0.1) is 11.3 Å². The number of hydrogen-bond donors (Lipinski definition) is 0. The first-order chi connectivity index (χ1) is 31.4. The molecule has 0 saturated heterocycles. The topological polar surface area (TPSA) is 19.6 Å². The SMILES string of the molecule is C[Si](C)(C)c1ccc(N(c2ccccc2)c2ccc3c(c2)c2ccccc2c2c4ccc(N(c5ccccc5-c5ccccc5)c5cccc6c5oc5ccccc56)cc4sc32)cc1. The van der Waals surface area contributed by atoms with E-state index in [4.69, 9.17) is 4.42 Å². The van der Waals surface area contributed by atoms with Crippen molar-refractivity contribution in [2.75, 3.05) is 9.80 Å². The first kappa shape index (κ1) is 38.2. The van der Waals surface area contributed by atoms with Gasteiger partial charge in [-0.05, 0) is 88.5 Å². The second kappa shape index (κ2) is 15.1. The van der Waals surface area contributed by atoms with E-state index in [0.29, 0.717) is 0 Å². The number of hydrogen-bond acceptors (Lipinski definition) is 4. The number of nitrogens with zero attached hydrogens (tertiary/aromatic N) is 2. The van der Waals surface area contributed by atoms with E-state index in [0.717, 1.165) is 67.2 Å². The van der Waals surface area contributed by atoms with Gasteiger partial charge >= 0.3 is 0 Å². The Morgan fingerprint density at radius 1 is 0.406 bits per heavy atom. The highest BCUT2D eigenvalue weighted by Gasteiger charge is 2.24. The van der Waals surface area contributed by atoms with Crippen molar-refractivity contribution in [3.05, 3.63) is 212 Å². The Labute approximate surface area is 377 Å². The minimum Gasteiger partial charge on any atom is -0.454 e. The maximum Gasteiger partial charge on any atom is 0.159 e. The van der Waals surface area contributed by atoms with Gasteiger partial charge in [0.25, 0.3) is 0 Å². The quantitative estimate of drug-likeness (QED) is 0.112. The first-order valence-corrected chi connectivity index (χ1v) is 26.3. The summed E-state index contributed by atoms with van der Waals surface area (Å²) in [6.07, 6.45) is 0. The van der Waals surface area contributed by atoms with E-state index in [9.17, 15) is 0 Å². The van der Waals surface area contributed by atoms with E-state index < -0.39 is 8.07 Å². The van der Waals surface area contributed by atoms with Crippen LogP contribution in [-0.4, -0.2) is 8.07 Å². The normalized spacial score (nSPS) is 12.0. The Hall–Kier alpha value is -7.44. The zero-order valence-electron chi connectivity index (χ0n) is 35.9. The molecule has 0 saturated carbocycles. The van der Waals surface area contributed by atoms with Crippen molar-refractivity contribution >= 4 is 122 Å². The smallest absolute Gasteiger partial charge is 0.159 e. The van der Waals surface area contributed by atoms with Gasteiger partial charge in [0.15, 0.2) is 5.58 Å². The van der Waals surface area contributed by atoms with Crippen LogP contribution in [0.2, 0.25) is 19.6 Å². The average Bonchev–Trinajstić information content (AvgIpc) is 3.92. The summed E-state index contributed by atoms with van der Waals surface area (Å²) in [7, 11) is -1.46. The van der Waals surface area contributed by atoms with Gasteiger partial charge in [-0.25, -0.2) is 0 Å². The van der Waals surface area contributed by atoms with Crippen LogP contribution < -0.4 is 15.0 Å². The van der Waals surface area contributed by atoms with Gasteiger partial charge in [0.1, 0.15) is 5.58 Å². The number of para-hydroxylation sites is 4. The van der Waals surface area contributed by atoms with Crippen molar-refractivity contribution in [1.29, 1.82) is 0 Å². The van der Waals surface area contributed by atoms with E-state index >= 15 is 0 Å². The third-order valence-electron chi connectivity index (χ3n) is 12.8. The molecule has 0 aliphatic heterocycles. The largest absolute Gasteiger partial charge is 0.454 e. The van der Waals surface area contributed by atoms with Crippen molar-refractivity contribution in [3.63, 3.8) is 0 Å². The van der Waals surface area contributed by atoms with Gasteiger partial charge in [0.2, 0.25) is 0 Å². The minimum atomic E-state index is -1.46. The van der Waals surface area contributed by atoms with Crippen LogP contribution in [-0.2, 0) is 0 Å². The van der Waals surface area contributed by atoms with Gasteiger partial charge in [-0.2, -0.15) is 0 Å². The highest BCUT2D eigenvalue weighted by molar-refractivity contribution is 7.27. The maximum absolute atomic E-state index is 6.75. The monoisotopic (exact) mass is 856 g/mol. The van der Waals surface area contributed by atoms with Crippen LogP contribution in [0.4, 0.5) is 34.1 Å². The van der Waals surface area contributed by atoms with Crippen LogP contribution >= 0.6 is 11.3 Å². The van der Waals surface area contributed by atoms with E-state index in [1.54, 1.807) is 0 Å². The Kier molecular flexibility index (Phi) is 9.04. The van der Waals surface area contributed by atoms with E-state index in [1.165, 1.54) is 46.9 Å². The molecule has 0 aliphatic carbocycles. The molecule has 10 aromatic carbocycles.